The van der Waals surface area contributed by atoms with Crippen molar-refractivity contribution in [3.8, 4) is 5.75 Å². The normalized spacial score (nSPS) is 9.92. The van der Waals surface area contributed by atoms with Gasteiger partial charge in [-0.2, -0.15) is 0 Å². The molecule has 1 aromatic carbocycles. The van der Waals surface area contributed by atoms with Crippen molar-refractivity contribution in [3.05, 3.63) is 28.2 Å². The van der Waals surface area contributed by atoms with Gasteiger partial charge in [0.1, 0.15) is 5.75 Å². The summed E-state index contributed by atoms with van der Waals surface area (Å²) in [6.45, 7) is 0.646. The van der Waals surface area contributed by atoms with Crippen molar-refractivity contribution >= 4 is 15.9 Å². The molecule has 1 aromatic rings. The second-order valence-corrected chi connectivity index (χ2v) is 3.33. The van der Waals surface area contributed by atoms with E-state index in [0.29, 0.717) is 6.54 Å². The third kappa shape index (κ3) is 1.99. The highest BCUT2D eigenvalue weighted by molar-refractivity contribution is 9.10. The van der Waals surface area contributed by atoms with Crippen LogP contribution in [0.1, 0.15) is 5.56 Å². The SMILES string of the molecule is COc1c(Br)cccc1CCN. The lowest BCUT2D eigenvalue weighted by Crippen LogP contribution is -2.04. The average molecular weight is 230 g/mol. The van der Waals surface area contributed by atoms with E-state index in [0.717, 1.165) is 22.2 Å². The first kappa shape index (κ1) is 9.55. The van der Waals surface area contributed by atoms with Crippen molar-refractivity contribution in [1.82, 2.24) is 0 Å². The maximum absolute atomic E-state index is 5.46. The number of ether oxygens (including phenoxy) is 1. The van der Waals surface area contributed by atoms with Gasteiger partial charge in [0, 0.05) is 0 Å². The summed E-state index contributed by atoms with van der Waals surface area (Å²) >= 11 is 3.41. The van der Waals surface area contributed by atoms with E-state index in [1.165, 1.54) is 0 Å². The van der Waals surface area contributed by atoms with Crippen molar-refractivity contribution in [2.24, 2.45) is 5.73 Å². The molecule has 0 radical (unpaired) electrons. The Hall–Kier alpha value is -0.540. The molecule has 0 aromatic heterocycles. The van der Waals surface area contributed by atoms with Gasteiger partial charge in [0.05, 0.1) is 11.6 Å². The first-order valence-corrected chi connectivity index (χ1v) is 4.60. The summed E-state index contributed by atoms with van der Waals surface area (Å²) in [7, 11) is 1.67. The maximum Gasteiger partial charge on any atom is 0.136 e. The van der Waals surface area contributed by atoms with Crippen LogP contribution in [0, 0.1) is 0 Å². The molecule has 0 saturated heterocycles. The number of nitrogens with two attached hydrogens (primary N) is 1. The minimum atomic E-state index is 0.646. The number of halogens is 1. The van der Waals surface area contributed by atoms with Crippen molar-refractivity contribution in [3.63, 3.8) is 0 Å². The number of hydrogen-bond donors (Lipinski definition) is 1. The number of benzene rings is 1. The van der Waals surface area contributed by atoms with E-state index < -0.39 is 0 Å². The summed E-state index contributed by atoms with van der Waals surface area (Å²) < 4.78 is 6.21. The van der Waals surface area contributed by atoms with E-state index in [4.69, 9.17) is 10.5 Å². The van der Waals surface area contributed by atoms with Crippen LogP contribution in [0.25, 0.3) is 0 Å². The predicted molar refractivity (Wildman–Crippen MR) is 53.5 cm³/mol. The van der Waals surface area contributed by atoms with Crippen LogP contribution in [-0.4, -0.2) is 13.7 Å². The lowest BCUT2D eigenvalue weighted by Gasteiger charge is -2.08. The highest BCUT2D eigenvalue weighted by atomic mass is 79.9. The Morgan fingerprint density at radius 1 is 1.50 bits per heavy atom. The molecule has 0 spiro atoms. The molecule has 0 aliphatic heterocycles. The van der Waals surface area contributed by atoms with Crippen LogP contribution in [0.2, 0.25) is 0 Å². The predicted octanol–water partition coefficient (Wildman–Crippen LogP) is 1.96. The molecule has 0 aliphatic rings. The van der Waals surface area contributed by atoms with E-state index in [9.17, 15) is 0 Å². The van der Waals surface area contributed by atoms with Crippen molar-refractivity contribution in [1.29, 1.82) is 0 Å². The number of para-hydroxylation sites is 1. The van der Waals surface area contributed by atoms with Gasteiger partial charge in [-0.15, -0.1) is 0 Å². The maximum atomic E-state index is 5.46. The summed E-state index contributed by atoms with van der Waals surface area (Å²) in [6, 6.07) is 5.97. The van der Waals surface area contributed by atoms with Crippen LogP contribution in [0.5, 0.6) is 5.75 Å². The number of methoxy groups -OCH3 is 1. The van der Waals surface area contributed by atoms with Crippen LogP contribution in [-0.2, 0) is 6.42 Å². The van der Waals surface area contributed by atoms with Gasteiger partial charge in [-0.3, -0.25) is 0 Å². The first-order chi connectivity index (χ1) is 5.79. The Bertz CT molecular complexity index is 263. The fourth-order valence-corrected chi connectivity index (χ4v) is 1.70. The fourth-order valence-electron chi connectivity index (χ4n) is 1.13. The molecule has 2 nitrogen and oxygen atoms in total. The number of hydrogen-bond acceptors (Lipinski definition) is 2. The molecule has 0 atom stereocenters. The quantitative estimate of drug-likeness (QED) is 0.861. The van der Waals surface area contributed by atoms with Gasteiger partial charge in [-0.05, 0) is 40.5 Å². The first-order valence-electron chi connectivity index (χ1n) is 3.81. The van der Waals surface area contributed by atoms with Crippen molar-refractivity contribution in [2.45, 2.75) is 6.42 Å². The second kappa shape index (κ2) is 4.48. The molecule has 0 aliphatic carbocycles. The smallest absolute Gasteiger partial charge is 0.136 e. The summed E-state index contributed by atoms with van der Waals surface area (Å²) in [4.78, 5) is 0. The number of rotatable bonds is 3. The Labute approximate surface area is 80.8 Å². The van der Waals surface area contributed by atoms with Crippen LogP contribution >= 0.6 is 15.9 Å². The monoisotopic (exact) mass is 229 g/mol. The standard InChI is InChI=1S/C9H12BrNO/c1-12-9-7(5-6-11)3-2-4-8(9)10/h2-4H,5-6,11H2,1H3. The molecule has 12 heavy (non-hydrogen) atoms. The molecule has 0 unspecified atom stereocenters. The topological polar surface area (TPSA) is 35.2 Å². The van der Waals surface area contributed by atoms with Gasteiger partial charge < -0.3 is 10.5 Å². The van der Waals surface area contributed by atoms with E-state index >= 15 is 0 Å². The molecule has 0 amide bonds. The lowest BCUT2D eigenvalue weighted by molar-refractivity contribution is 0.407. The largest absolute Gasteiger partial charge is 0.495 e. The van der Waals surface area contributed by atoms with E-state index in [2.05, 4.69) is 15.9 Å². The summed E-state index contributed by atoms with van der Waals surface area (Å²) in [5.41, 5.74) is 6.61. The Balaban J connectivity index is 3.00. The lowest BCUT2D eigenvalue weighted by atomic mass is 10.1. The van der Waals surface area contributed by atoms with Gasteiger partial charge in [-0.25, -0.2) is 0 Å². The molecular formula is C9H12BrNO. The van der Waals surface area contributed by atoms with Gasteiger partial charge in [0.15, 0.2) is 0 Å². The Morgan fingerprint density at radius 2 is 2.25 bits per heavy atom. The molecule has 0 bridgehead atoms. The molecule has 0 saturated carbocycles. The highest BCUT2D eigenvalue weighted by Gasteiger charge is 2.04. The minimum absolute atomic E-state index is 0.646. The van der Waals surface area contributed by atoms with Crippen LogP contribution in [0.15, 0.2) is 22.7 Å². The Kier molecular flexibility index (Phi) is 3.56. The van der Waals surface area contributed by atoms with Crippen LogP contribution in [0.4, 0.5) is 0 Å². The zero-order chi connectivity index (χ0) is 8.97. The molecular weight excluding hydrogens is 218 g/mol. The molecule has 0 fully saturated rings. The molecule has 2 N–H and O–H groups in total. The van der Waals surface area contributed by atoms with Crippen LogP contribution in [0.3, 0.4) is 0 Å². The van der Waals surface area contributed by atoms with E-state index in [1.807, 2.05) is 18.2 Å². The average Bonchev–Trinajstić information content (AvgIpc) is 2.05. The third-order valence-corrected chi connectivity index (χ3v) is 2.29. The van der Waals surface area contributed by atoms with Crippen LogP contribution < -0.4 is 10.5 Å². The fraction of sp³-hybridized carbons (Fsp3) is 0.333. The molecule has 1 rings (SSSR count). The molecule has 3 heteroatoms. The van der Waals surface area contributed by atoms with E-state index in [1.54, 1.807) is 7.11 Å². The van der Waals surface area contributed by atoms with Gasteiger partial charge in [0.2, 0.25) is 0 Å². The molecule has 0 heterocycles. The van der Waals surface area contributed by atoms with Crippen molar-refractivity contribution in [2.75, 3.05) is 13.7 Å². The zero-order valence-corrected chi connectivity index (χ0v) is 8.60. The highest BCUT2D eigenvalue weighted by Crippen LogP contribution is 2.28. The van der Waals surface area contributed by atoms with Gasteiger partial charge in [-0.1, -0.05) is 12.1 Å². The Morgan fingerprint density at radius 3 is 2.83 bits per heavy atom. The molecule has 66 valence electrons. The summed E-state index contributed by atoms with van der Waals surface area (Å²) in [5, 5.41) is 0. The summed E-state index contributed by atoms with van der Waals surface area (Å²) in [5.74, 6) is 0.892. The van der Waals surface area contributed by atoms with Gasteiger partial charge >= 0.3 is 0 Å². The third-order valence-electron chi connectivity index (χ3n) is 1.67. The zero-order valence-electron chi connectivity index (χ0n) is 7.01. The minimum Gasteiger partial charge on any atom is -0.495 e. The second-order valence-electron chi connectivity index (χ2n) is 2.47. The van der Waals surface area contributed by atoms with E-state index in [-0.39, 0.29) is 0 Å². The summed E-state index contributed by atoms with van der Waals surface area (Å²) in [6.07, 6.45) is 0.850. The van der Waals surface area contributed by atoms with Gasteiger partial charge in [0.25, 0.3) is 0 Å². The van der Waals surface area contributed by atoms with Crippen molar-refractivity contribution < 1.29 is 4.74 Å².